The van der Waals surface area contributed by atoms with Crippen LogP contribution in [0.4, 0.5) is 5.69 Å². The van der Waals surface area contributed by atoms with Crippen molar-refractivity contribution in [3.63, 3.8) is 0 Å². The molecule has 1 N–H and O–H groups in total. The monoisotopic (exact) mass is 444 g/mol. The van der Waals surface area contributed by atoms with Crippen molar-refractivity contribution < 1.29 is 9.59 Å². The topological polar surface area (TPSA) is 49.4 Å². The zero-order valence-corrected chi connectivity index (χ0v) is 19.1. The first-order chi connectivity index (χ1) is 15.2. The highest BCUT2D eigenvalue weighted by Crippen LogP contribution is 2.45. The van der Waals surface area contributed by atoms with Crippen LogP contribution in [-0.4, -0.2) is 22.3 Å². The molecule has 0 aromatic heterocycles. The Morgan fingerprint density at radius 1 is 0.844 bits per heavy atom. The first kappa shape index (κ1) is 21.8. The second-order valence-corrected chi connectivity index (χ2v) is 9.27. The SMILES string of the molecule is CC(C)(C)N1C(=O)/C(=C/c2ccccc2)[C@](Nc2ccccc2)(c2ccc(Cl)cc2)C1=O. The minimum atomic E-state index is -1.40. The van der Waals surface area contributed by atoms with Crippen molar-refractivity contribution in [3.05, 3.63) is 107 Å². The number of anilines is 1. The van der Waals surface area contributed by atoms with Crippen LogP contribution in [0.25, 0.3) is 6.08 Å². The van der Waals surface area contributed by atoms with Gasteiger partial charge < -0.3 is 5.32 Å². The summed E-state index contributed by atoms with van der Waals surface area (Å²) in [6.07, 6.45) is 1.80. The summed E-state index contributed by atoms with van der Waals surface area (Å²) in [7, 11) is 0. The van der Waals surface area contributed by atoms with Crippen molar-refractivity contribution in [2.75, 3.05) is 5.32 Å². The molecule has 1 aliphatic heterocycles. The van der Waals surface area contributed by atoms with Crippen LogP contribution in [0.15, 0.2) is 90.5 Å². The highest BCUT2D eigenvalue weighted by atomic mass is 35.5. The number of amides is 2. The molecular weight excluding hydrogens is 420 g/mol. The molecule has 1 fully saturated rings. The van der Waals surface area contributed by atoms with Gasteiger partial charge in [0.2, 0.25) is 0 Å². The molecule has 1 saturated heterocycles. The van der Waals surface area contributed by atoms with Gasteiger partial charge in [-0.1, -0.05) is 72.3 Å². The van der Waals surface area contributed by atoms with Gasteiger partial charge in [-0.15, -0.1) is 0 Å². The maximum Gasteiger partial charge on any atom is 0.265 e. The van der Waals surface area contributed by atoms with Crippen molar-refractivity contribution in [1.29, 1.82) is 0 Å². The minimum Gasteiger partial charge on any atom is -0.364 e. The first-order valence-electron chi connectivity index (χ1n) is 10.5. The Morgan fingerprint density at radius 3 is 1.97 bits per heavy atom. The van der Waals surface area contributed by atoms with Crippen LogP contribution in [0, 0.1) is 0 Å². The lowest BCUT2D eigenvalue weighted by Gasteiger charge is -2.34. The number of likely N-dealkylation sites (tertiary alicyclic amines) is 1. The van der Waals surface area contributed by atoms with Crippen LogP contribution in [0.1, 0.15) is 31.9 Å². The number of nitrogens with one attached hydrogen (secondary N) is 1. The van der Waals surface area contributed by atoms with Crippen molar-refractivity contribution >= 4 is 35.2 Å². The average Bonchev–Trinajstić information content (AvgIpc) is 2.97. The number of hydrogen-bond donors (Lipinski definition) is 1. The van der Waals surface area contributed by atoms with Gasteiger partial charge in [0, 0.05) is 16.2 Å². The van der Waals surface area contributed by atoms with E-state index in [-0.39, 0.29) is 11.8 Å². The number of benzene rings is 3. The molecule has 0 spiro atoms. The lowest BCUT2D eigenvalue weighted by atomic mass is 9.82. The molecule has 5 heteroatoms. The Bertz CT molecular complexity index is 1170. The highest BCUT2D eigenvalue weighted by molar-refractivity contribution is 6.30. The molecule has 1 heterocycles. The molecule has 0 unspecified atom stereocenters. The second kappa shape index (κ2) is 8.29. The molecule has 0 radical (unpaired) electrons. The van der Waals surface area contributed by atoms with Gasteiger partial charge in [0.1, 0.15) is 0 Å². The Kier molecular flexibility index (Phi) is 5.66. The van der Waals surface area contributed by atoms with E-state index in [1.807, 2.05) is 81.4 Å². The van der Waals surface area contributed by atoms with Gasteiger partial charge in [-0.2, -0.15) is 0 Å². The third-order valence-electron chi connectivity index (χ3n) is 5.53. The van der Waals surface area contributed by atoms with E-state index >= 15 is 0 Å². The lowest BCUT2D eigenvalue weighted by Crippen LogP contribution is -2.50. The Hall–Kier alpha value is -3.37. The molecule has 4 rings (SSSR count). The molecule has 162 valence electrons. The largest absolute Gasteiger partial charge is 0.364 e. The van der Waals surface area contributed by atoms with E-state index in [9.17, 15) is 9.59 Å². The maximum atomic E-state index is 14.1. The fourth-order valence-electron chi connectivity index (χ4n) is 4.06. The minimum absolute atomic E-state index is 0.315. The van der Waals surface area contributed by atoms with Crippen LogP contribution in [0.2, 0.25) is 5.02 Å². The fraction of sp³-hybridized carbons (Fsp3) is 0.185. The predicted molar refractivity (Wildman–Crippen MR) is 129 cm³/mol. The van der Waals surface area contributed by atoms with Crippen LogP contribution >= 0.6 is 11.6 Å². The summed E-state index contributed by atoms with van der Waals surface area (Å²) in [6, 6.07) is 26.1. The third-order valence-corrected chi connectivity index (χ3v) is 5.78. The van der Waals surface area contributed by atoms with E-state index in [1.165, 1.54) is 4.90 Å². The van der Waals surface area contributed by atoms with Crippen LogP contribution in [0.5, 0.6) is 0 Å². The van der Waals surface area contributed by atoms with E-state index in [0.717, 1.165) is 11.3 Å². The summed E-state index contributed by atoms with van der Waals surface area (Å²) in [5.41, 5.74) is 0.501. The van der Waals surface area contributed by atoms with Crippen LogP contribution in [0.3, 0.4) is 0 Å². The fourth-order valence-corrected chi connectivity index (χ4v) is 4.19. The predicted octanol–water partition coefficient (Wildman–Crippen LogP) is 5.90. The van der Waals surface area contributed by atoms with Gasteiger partial charge in [-0.3, -0.25) is 14.5 Å². The number of hydrogen-bond acceptors (Lipinski definition) is 3. The summed E-state index contributed by atoms with van der Waals surface area (Å²) in [4.78, 5) is 29.3. The van der Waals surface area contributed by atoms with Gasteiger partial charge in [0.25, 0.3) is 11.8 Å². The number of imide groups is 1. The van der Waals surface area contributed by atoms with Gasteiger partial charge in [-0.05, 0) is 62.2 Å². The maximum absolute atomic E-state index is 14.1. The number of halogens is 1. The third kappa shape index (κ3) is 3.82. The molecular formula is C27H25ClN2O2. The lowest BCUT2D eigenvalue weighted by molar-refractivity contribution is -0.144. The molecule has 32 heavy (non-hydrogen) atoms. The number of carbonyl (C=O) groups excluding carboxylic acids is 2. The van der Waals surface area contributed by atoms with E-state index in [2.05, 4.69) is 5.32 Å². The number of carbonyl (C=O) groups is 2. The standard InChI is InChI=1S/C27H25ClN2O2/c1-26(2,3)30-24(31)23(18-19-10-6-4-7-11-19)27(25(30)32,20-14-16-21(28)17-15-20)29-22-12-8-5-9-13-22/h4-18,29H,1-3H3/b23-18-/t27-/m1/s1. The molecule has 0 saturated carbocycles. The van der Waals surface area contributed by atoms with Gasteiger partial charge >= 0.3 is 0 Å². The molecule has 4 nitrogen and oxygen atoms in total. The van der Waals surface area contributed by atoms with Gasteiger partial charge in [0.15, 0.2) is 5.54 Å². The molecule has 2 amide bonds. The number of rotatable bonds is 4. The Labute approximate surface area is 193 Å². The molecule has 3 aromatic rings. The summed E-state index contributed by atoms with van der Waals surface area (Å²) >= 11 is 6.16. The molecule has 1 atom stereocenters. The Balaban J connectivity index is 2.02. The van der Waals surface area contributed by atoms with Gasteiger partial charge in [0.05, 0.1) is 5.57 Å². The van der Waals surface area contributed by atoms with Crippen molar-refractivity contribution in [3.8, 4) is 0 Å². The van der Waals surface area contributed by atoms with E-state index < -0.39 is 11.1 Å². The molecule has 1 aliphatic rings. The van der Waals surface area contributed by atoms with Crippen LogP contribution in [-0.2, 0) is 15.1 Å². The van der Waals surface area contributed by atoms with E-state index in [1.54, 1.807) is 30.3 Å². The normalized spacial score (nSPS) is 20.1. The summed E-state index contributed by atoms with van der Waals surface area (Å²) < 4.78 is 0. The Morgan fingerprint density at radius 2 is 1.41 bits per heavy atom. The van der Waals surface area contributed by atoms with Gasteiger partial charge in [-0.25, -0.2) is 0 Å². The highest BCUT2D eigenvalue weighted by Gasteiger charge is 2.59. The zero-order chi connectivity index (χ0) is 22.9. The molecule has 3 aromatic carbocycles. The van der Waals surface area contributed by atoms with E-state index in [0.29, 0.717) is 16.2 Å². The second-order valence-electron chi connectivity index (χ2n) is 8.83. The summed E-state index contributed by atoms with van der Waals surface area (Å²) in [6.45, 7) is 5.59. The number of nitrogens with zero attached hydrogens (tertiary/aromatic N) is 1. The number of para-hydroxylation sites is 1. The summed E-state index contributed by atoms with van der Waals surface area (Å²) in [5, 5.41) is 3.98. The van der Waals surface area contributed by atoms with Crippen molar-refractivity contribution in [2.24, 2.45) is 0 Å². The summed E-state index contributed by atoms with van der Waals surface area (Å²) in [5.74, 6) is -0.631. The van der Waals surface area contributed by atoms with Crippen molar-refractivity contribution in [1.82, 2.24) is 4.90 Å². The van der Waals surface area contributed by atoms with Crippen LogP contribution < -0.4 is 5.32 Å². The van der Waals surface area contributed by atoms with E-state index in [4.69, 9.17) is 11.6 Å². The smallest absolute Gasteiger partial charge is 0.265 e. The quantitative estimate of drug-likeness (QED) is 0.402. The zero-order valence-electron chi connectivity index (χ0n) is 18.3. The first-order valence-corrected chi connectivity index (χ1v) is 10.9. The molecule has 0 aliphatic carbocycles. The molecule has 0 bridgehead atoms. The van der Waals surface area contributed by atoms with Crippen molar-refractivity contribution in [2.45, 2.75) is 31.8 Å². The average molecular weight is 445 g/mol.